The van der Waals surface area contributed by atoms with Gasteiger partial charge in [0.2, 0.25) is 5.91 Å². The monoisotopic (exact) mass is 390 g/mol. The van der Waals surface area contributed by atoms with Crippen molar-refractivity contribution in [2.75, 3.05) is 16.9 Å². The van der Waals surface area contributed by atoms with Gasteiger partial charge >= 0.3 is 5.97 Å². The molecule has 0 atom stereocenters. The maximum atomic E-state index is 12.3. The Morgan fingerprint density at radius 2 is 1.83 bits per heavy atom. The number of benzene rings is 2. The van der Waals surface area contributed by atoms with Crippen LogP contribution >= 0.6 is 0 Å². The molecule has 1 N–H and O–H groups in total. The van der Waals surface area contributed by atoms with Gasteiger partial charge in [-0.15, -0.1) is 0 Å². The molecule has 1 aliphatic heterocycles. The van der Waals surface area contributed by atoms with Crippen molar-refractivity contribution in [2.24, 2.45) is 5.10 Å². The third-order valence-corrected chi connectivity index (χ3v) is 4.12. The Kier molecular flexibility index (Phi) is 6.32. The molecule has 0 saturated carbocycles. The van der Waals surface area contributed by atoms with Gasteiger partial charge in [0.15, 0.2) is 6.61 Å². The van der Waals surface area contributed by atoms with E-state index < -0.39 is 18.5 Å². The van der Waals surface area contributed by atoms with Crippen LogP contribution in [-0.4, -0.2) is 30.1 Å². The van der Waals surface area contributed by atoms with Crippen molar-refractivity contribution < 1.29 is 19.1 Å². The lowest BCUT2D eigenvalue weighted by Gasteiger charge is -2.22. The van der Waals surface area contributed by atoms with Crippen molar-refractivity contribution in [3.05, 3.63) is 60.2 Å². The molecular formula is C21H18N4O4. The molecule has 2 aromatic carbocycles. The summed E-state index contributed by atoms with van der Waals surface area (Å²) < 4.78 is 5.03. The number of carbonyl (C=O) groups is 3. The lowest BCUT2D eigenvalue weighted by Crippen LogP contribution is -2.35. The van der Waals surface area contributed by atoms with Crippen LogP contribution in [0.1, 0.15) is 18.4 Å². The third-order valence-electron chi connectivity index (χ3n) is 4.12. The Hall–Kier alpha value is -3.99. The average molecular weight is 390 g/mol. The van der Waals surface area contributed by atoms with Crippen LogP contribution < -0.4 is 10.3 Å². The zero-order valence-electron chi connectivity index (χ0n) is 15.5. The van der Waals surface area contributed by atoms with E-state index in [-0.39, 0.29) is 30.9 Å². The van der Waals surface area contributed by atoms with Gasteiger partial charge in [-0.05, 0) is 29.8 Å². The molecule has 2 aromatic rings. The van der Waals surface area contributed by atoms with E-state index in [4.69, 9.17) is 10.00 Å². The molecule has 0 aliphatic carbocycles. The van der Waals surface area contributed by atoms with Gasteiger partial charge in [0.05, 0.1) is 18.2 Å². The molecule has 0 unspecified atom stereocenters. The lowest BCUT2D eigenvalue weighted by molar-refractivity contribution is -0.140. The summed E-state index contributed by atoms with van der Waals surface area (Å²) in [5, 5.41) is 16.5. The van der Waals surface area contributed by atoms with E-state index in [9.17, 15) is 14.4 Å². The molecule has 1 aliphatic rings. The highest BCUT2D eigenvalue weighted by atomic mass is 16.5. The standard InChI is InChI=1S/C21H18N4O4/c22-13-12-15-6-8-16(9-7-15)23-19(26)14-29-21(28)18-10-11-20(27)25(24-18)17-4-2-1-3-5-17/h1-9H,10-12,14H2,(H,23,26). The summed E-state index contributed by atoms with van der Waals surface area (Å²) >= 11 is 0. The summed E-state index contributed by atoms with van der Waals surface area (Å²) in [5.41, 5.74) is 2.01. The van der Waals surface area contributed by atoms with Gasteiger partial charge in [0.25, 0.3) is 5.91 Å². The van der Waals surface area contributed by atoms with Crippen molar-refractivity contribution in [3.8, 4) is 6.07 Å². The molecule has 0 fully saturated rings. The number of hydrazone groups is 1. The van der Waals surface area contributed by atoms with E-state index in [2.05, 4.69) is 10.4 Å². The summed E-state index contributed by atoms with van der Waals surface area (Å²) in [6, 6.07) is 17.6. The second-order valence-corrected chi connectivity index (χ2v) is 6.24. The first-order chi connectivity index (χ1) is 14.1. The average Bonchev–Trinajstić information content (AvgIpc) is 2.74. The second-order valence-electron chi connectivity index (χ2n) is 6.24. The van der Waals surface area contributed by atoms with E-state index in [0.29, 0.717) is 11.4 Å². The highest BCUT2D eigenvalue weighted by molar-refractivity contribution is 6.38. The van der Waals surface area contributed by atoms with E-state index in [1.165, 1.54) is 5.01 Å². The predicted molar refractivity (Wildman–Crippen MR) is 106 cm³/mol. The number of hydrogen-bond acceptors (Lipinski definition) is 6. The summed E-state index contributed by atoms with van der Waals surface area (Å²) in [4.78, 5) is 36.3. The number of nitrogens with one attached hydrogen (secondary N) is 1. The minimum absolute atomic E-state index is 0.0853. The molecule has 0 saturated heterocycles. The molecular weight excluding hydrogens is 372 g/mol. The number of hydrogen-bond donors (Lipinski definition) is 1. The van der Waals surface area contributed by atoms with Crippen molar-refractivity contribution >= 4 is 34.9 Å². The Morgan fingerprint density at radius 3 is 2.52 bits per heavy atom. The SMILES string of the molecule is N#CCc1ccc(NC(=O)COC(=O)C2=NN(c3ccccc3)C(=O)CC2)cc1. The van der Waals surface area contributed by atoms with E-state index >= 15 is 0 Å². The first-order valence-electron chi connectivity index (χ1n) is 8.95. The fourth-order valence-electron chi connectivity index (χ4n) is 2.68. The van der Waals surface area contributed by atoms with Crippen LogP contribution in [0.5, 0.6) is 0 Å². The number of carbonyl (C=O) groups excluding carboxylic acids is 3. The van der Waals surface area contributed by atoms with Crippen LogP contribution in [0.15, 0.2) is 59.7 Å². The van der Waals surface area contributed by atoms with E-state index in [0.717, 1.165) is 5.56 Å². The summed E-state index contributed by atoms with van der Waals surface area (Å²) in [6.07, 6.45) is 0.573. The van der Waals surface area contributed by atoms with Gasteiger partial charge in [0.1, 0.15) is 5.71 Å². The fourth-order valence-corrected chi connectivity index (χ4v) is 2.68. The highest BCUT2D eigenvalue weighted by Crippen LogP contribution is 2.20. The number of esters is 1. The first-order valence-corrected chi connectivity index (χ1v) is 8.95. The quantitative estimate of drug-likeness (QED) is 0.761. The van der Waals surface area contributed by atoms with Crippen LogP contribution in [0, 0.1) is 11.3 Å². The van der Waals surface area contributed by atoms with Gasteiger partial charge in [-0.3, -0.25) is 9.59 Å². The zero-order chi connectivity index (χ0) is 20.6. The number of rotatable bonds is 6. The molecule has 8 nitrogen and oxygen atoms in total. The largest absolute Gasteiger partial charge is 0.451 e. The number of amides is 2. The maximum Gasteiger partial charge on any atom is 0.355 e. The second kappa shape index (κ2) is 9.28. The molecule has 0 radical (unpaired) electrons. The normalized spacial score (nSPS) is 13.3. The number of para-hydroxylation sites is 1. The minimum atomic E-state index is -0.738. The lowest BCUT2D eigenvalue weighted by atomic mass is 10.1. The van der Waals surface area contributed by atoms with Crippen LogP contribution in [0.4, 0.5) is 11.4 Å². The van der Waals surface area contributed by atoms with Crippen molar-refractivity contribution in [3.63, 3.8) is 0 Å². The number of nitrogens with zero attached hydrogens (tertiary/aromatic N) is 3. The minimum Gasteiger partial charge on any atom is -0.451 e. The van der Waals surface area contributed by atoms with Crippen molar-refractivity contribution in [1.82, 2.24) is 0 Å². The summed E-state index contributed by atoms with van der Waals surface area (Å²) in [5.74, 6) is -1.46. The topological polar surface area (TPSA) is 112 Å². The van der Waals surface area contributed by atoms with Crippen LogP contribution in [0.3, 0.4) is 0 Å². The molecule has 29 heavy (non-hydrogen) atoms. The Balaban J connectivity index is 1.56. The zero-order valence-corrected chi connectivity index (χ0v) is 15.5. The highest BCUT2D eigenvalue weighted by Gasteiger charge is 2.26. The molecule has 3 rings (SSSR count). The predicted octanol–water partition coefficient (Wildman–Crippen LogP) is 2.42. The van der Waals surface area contributed by atoms with Crippen molar-refractivity contribution in [1.29, 1.82) is 5.26 Å². The van der Waals surface area contributed by atoms with Gasteiger partial charge in [-0.2, -0.15) is 10.4 Å². The maximum absolute atomic E-state index is 12.3. The molecule has 2 amide bonds. The molecule has 0 spiro atoms. The van der Waals surface area contributed by atoms with Gasteiger partial charge < -0.3 is 10.1 Å². The number of nitriles is 1. The molecule has 0 aromatic heterocycles. The van der Waals surface area contributed by atoms with Gasteiger partial charge in [-0.25, -0.2) is 9.80 Å². The first kappa shape index (κ1) is 19.8. The molecule has 1 heterocycles. The fraction of sp³-hybridized carbons (Fsp3) is 0.190. The smallest absolute Gasteiger partial charge is 0.355 e. The van der Waals surface area contributed by atoms with Gasteiger partial charge in [-0.1, -0.05) is 30.3 Å². The third kappa shape index (κ3) is 5.26. The summed E-state index contributed by atoms with van der Waals surface area (Å²) in [6.45, 7) is -0.475. The van der Waals surface area contributed by atoms with Crippen molar-refractivity contribution in [2.45, 2.75) is 19.3 Å². The Morgan fingerprint density at radius 1 is 1.10 bits per heavy atom. The molecule has 0 bridgehead atoms. The van der Waals surface area contributed by atoms with Gasteiger partial charge in [0, 0.05) is 18.5 Å². The Labute approximate surface area is 167 Å². The number of ether oxygens (including phenoxy) is 1. The van der Waals surface area contributed by atoms with E-state index in [1.54, 1.807) is 48.5 Å². The summed E-state index contributed by atoms with van der Waals surface area (Å²) in [7, 11) is 0. The van der Waals surface area contributed by atoms with E-state index in [1.807, 2.05) is 12.1 Å². The van der Waals surface area contributed by atoms with Crippen LogP contribution in [0.2, 0.25) is 0 Å². The van der Waals surface area contributed by atoms with Crippen LogP contribution in [-0.2, 0) is 25.5 Å². The molecule has 8 heteroatoms. The number of anilines is 2. The molecule has 146 valence electrons. The Bertz CT molecular complexity index is 978. The van der Waals surface area contributed by atoms with Crippen LogP contribution in [0.25, 0.3) is 0 Å².